The third kappa shape index (κ3) is 2.66. The monoisotopic (exact) mass is 284 g/mol. The van der Waals surface area contributed by atoms with Crippen molar-refractivity contribution >= 4 is 29.2 Å². The molecular formula is C12H10Cl2N2O2. The van der Waals surface area contributed by atoms with Crippen molar-refractivity contribution in [3.63, 3.8) is 0 Å². The summed E-state index contributed by atoms with van der Waals surface area (Å²) < 4.78 is 1.38. The number of hydrogen-bond acceptors (Lipinski definition) is 2. The van der Waals surface area contributed by atoms with Crippen molar-refractivity contribution in [2.24, 2.45) is 0 Å². The van der Waals surface area contributed by atoms with Gasteiger partial charge in [0.1, 0.15) is 0 Å². The molecule has 1 aromatic carbocycles. The van der Waals surface area contributed by atoms with Gasteiger partial charge in [0.15, 0.2) is 5.69 Å². The van der Waals surface area contributed by atoms with Gasteiger partial charge in [0.2, 0.25) is 0 Å². The molecule has 0 radical (unpaired) electrons. The molecule has 0 saturated carbocycles. The van der Waals surface area contributed by atoms with Gasteiger partial charge < -0.3 is 5.11 Å². The highest BCUT2D eigenvalue weighted by molar-refractivity contribution is 6.30. The summed E-state index contributed by atoms with van der Waals surface area (Å²) in [6, 6.07) is 8.33. The van der Waals surface area contributed by atoms with Crippen molar-refractivity contribution < 1.29 is 9.90 Å². The normalized spacial score (nSPS) is 10.6. The Morgan fingerprint density at radius 2 is 2.00 bits per heavy atom. The van der Waals surface area contributed by atoms with Gasteiger partial charge in [-0.15, -0.1) is 11.6 Å². The van der Waals surface area contributed by atoms with Gasteiger partial charge in [-0.1, -0.05) is 11.6 Å². The molecule has 0 fully saturated rings. The van der Waals surface area contributed by atoms with Gasteiger partial charge in [0, 0.05) is 17.3 Å². The second-order valence-corrected chi connectivity index (χ2v) is 4.47. The molecule has 0 bridgehead atoms. The van der Waals surface area contributed by atoms with E-state index in [1.807, 2.05) is 0 Å². The number of aromatic nitrogens is 2. The summed E-state index contributed by atoms with van der Waals surface area (Å²) in [5, 5.41) is 14.0. The molecule has 0 aliphatic carbocycles. The predicted molar refractivity (Wildman–Crippen MR) is 70.0 cm³/mol. The molecule has 6 heteroatoms. The van der Waals surface area contributed by atoms with Gasteiger partial charge in [-0.25, -0.2) is 9.48 Å². The van der Waals surface area contributed by atoms with Crippen LogP contribution in [0.5, 0.6) is 0 Å². The van der Waals surface area contributed by atoms with Crippen molar-refractivity contribution in [2.45, 2.75) is 6.42 Å². The number of carbonyl (C=O) groups is 1. The fourth-order valence-corrected chi connectivity index (χ4v) is 1.90. The first-order valence-electron chi connectivity index (χ1n) is 5.26. The number of aromatic carboxylic acids is 1. The fraction of sp³-hybridized carbons (Fsp3) is 0.167. The van der Waals surface area contributed by atoms with Gasteiger partial charge in [-0.05, 0) is 30.3 Å². The SMILES string of the molecule is O=C(O)c1cc(CCCl)nn1-c1ccc(Cl)cc1. The zero-order valence-electron chi connectivity index (χ0n) is 9.31. The quantitative estimate of drug-likeness (QED) is 0.878. The Labute approximate surface area is 114 Å². The smallest absolute Gasteiger partial charge is 0.354 e. The molecule has 18 heavy (non-hydrogen) atoms. The summed E-state index contributed by atoms with van der Waals surface area (Å²) in [7, 11) is 0. The molecule has 4 nitrogen and oxygen atoms in total. The van der Waals surface area contributed by atoms with Crippen LogP contribution in [0.25, 0.3) is 5.69 Å². The average Bonchev–Trinajstić information content (AvgIpc) is 2.75. The third-order valence-corrected chi connectivity index (χ3v) is 2.84. The van der Waals surface area contributed by atoms with E-state index in [0.29, 0.717) is 28.7 Å². The second kappa shape index (κ2) is 5.42. The van der Waals surface area contributed by atoms with Gasteiger partial charge in [-0.2, -0.15) is 5.10 Å². The van der Waals surface area contributed by atoms with Gasteiger partial charge in [0.05, 0.1) is 11.4 Å². The van der Waals surface area contributed by atoms with Crippen LogP contribution in [0.3, 0.4) is 0 Å². The molecule has 1 N–H and O–H groups in total. The van der Waals surface area contributed by atoms with Crippen molar-refractivity contribution in [2.75, 3.05) is 5.88 Å². The topological polar surface area (TPSA) is 55.1 Å². The summed E-state index contributed by atoms with van der Waals surface area (Å²) in [5.74, 6) is -0.630. The Balaban J connectivity index is 2.47. The molecule has 0 aliphatic rings. The van der Waals surface area contributed by atoms with E-state index in [2.05, 4.69) is 5.10 Å². The maximum absolute atomic E-state index is 11.2. The average molecular weight is 285 g/mol. The Bertz CT molecular complexity index is 564. The molecule has 0 saturated heterocycles. The molecule has 1 heterocycles. The molecule has 0 unspecified atom stereocenters. The van der Waals surface area contributed by atoms with Crippen LogP contribution in [0, 0.1) is 0 Å². The molecule has 1 aromatic heterocycles. The maximum atomic E-state index is 11.2. The number of halogens is 2. The minimum atomic E-state index is -1.03. The predicted octanol–water partition coefficient (Wildman–Crippen LogP) is 3.01. The highest BCUT2D eigenvalue weighted by Gasteiger charge is 2.15. The Kier molecular flexibility index (Phi) is 3.89. The van der Waals surface area contributed by atoms with Crippen LogP contribution in [0.15, 0.2) is 30.3 Å². The van der Waals surface area contributed by atoms with Crippen LogP contribution < -0.4 is 0 Å². The first-order chi connectivity index (χ1) is 8.61. The number of carboxylic acid groups (broad SMARTS) is 1. The van der Waals surface area contributed by atoms with Gasteiger partial charge in [0.25, 0.3) is 0 Å². The van der Waals surface area contributed by atoms with E-state index < -0.39 is 5.97 Å². The van der Waals surface area contributed by atoms with Crippen LogP contribution in [0.4, 0.5) is 0 Å². The largest absolute Gasteiger partial charge is 0.477 e. The van der Waals surface area contributed by atoms with E-state index in [1.165, 1.54) is 10.7 Å². The van der Waals surface area contributed by atoms with E-state index in [-0.39, 0.29) is 5.69 Å². The first kappa shape index (κ1) is 12.9. The van der Waals surface area contributed by atoms with Crippen molar-refractivity contribution in [3.8, 4) is 5.69 Å². The van der Waals surface area contributed by atoms with E-state index in [0.717, 1.165) is 0 Å². The summed E-state index contributed by atoms with van der Waals surface area (Å²) >= 11 is 11.4. The lowest BCUT2D eigenvalue weighted by Gasteiger charge is -2.04. The summed E-state index contributed by atoms with van der Waals surface area (Å²) in [5.41, 5.74) is 1.41. The zero-order chi connectivity index (χ0) is 13.1. The molecule has 2 rings (SSSR count). The summed E-state index contributed by atoms with van der Waals surface area (Å²) in [6.07, 6.45) is 0.530. The summed E-state index contributed by atoms with van der Waals surface area (Å²) in [4.78, 5) is 11.2. The number of benzene rings is 1. The minimum absolute atomic E-state index is 0.109. The summed E-state index contributed by atoms with van der Waals surface area (Å²) in [6.45, 7) is 0. The zero-order valence-corrected chi connectivity index (χ0v) is 10.8. The van der Waals surface area contributed by atoms with Crippen LogP contribution >= 0.6 is 23.2 Å². The number of aryl methyl sites for hydroxylation is 1. The number of rotatable bonds is 4. The lowest BCUT2D eigenvalue weighted by molar-refractivity contribution is 0.0687. The number of nitrogens with zero attached hydrogens (tertiary/aromatic N) is 2. The van der Waals surface area contributed by atoms with E-state index in [1.54, 1.807) is 24.3 Å². The van der Waals surface area contributed by atoms with Crippen LogP contribution in [0.2, 0.25) is 5.02 Å². The first-order valence-corrected chi connectivity index (χ1v) is 6.17. The molecule has 0 amide bonds. The Morgan fingerprint density at radius 3 is 2.56 bits per heavy atom. The molecule has 2 aromatic rings. The van der Waals surface area contributed by atoms with Crippen molar-refractivity contribution in [1.29, 1.82) is 0 Å². The van der Waals surface area contributed by atoms with E-state index in [4.69, 9.17) is 28.3 Å². The molecule has 0 spiro atoms. The van der Waals surface area contributed by atoms with Gasteiger partial charge in [-0.3, -0.25) is 0 Å². The van der Waals surface area contributed by atoms with Gasteiger partial charge >= 0.3 is 5.97 Å². The minimum Gasteiger partial charge on any atom is -0.477 e. The third-order valence-electron chi connectivity index (χ3n) is 2.40. The lowest BCUT2D eigenvalue weighted by atomic mass is 10.3. The standard InChI is InChI=1S/C12H10Cl2N2O2/c13-6-5-9-7-11(12(17)18)16(15-9)10-3-1-8(14)2-4-10/h1-4,7H,5-6H2,(H,17,18). The van der Waals surface area contributed by atoms with Crippen LogP contribution in [-0.2, 0) is 6.42 Å². The number of carboxylic acids is 1. The van der Waals surface area contributed by atoms with Crippen molar-refractivity contribution in [1.82, 2.24) is 9.78 Å². The number of hydrogen-bond donors (Lipinski definition) is 1. The molecule has 94 valence electrons. The van der Waals surface area contributed by atoms with E-state index >= 15 is 0 Å². The highest BCUT2D eigenvalue weighted by Crippen LogP contribution is 2.16. The fourth-order valence-electron chi connectivity index (χ4n) is 1.58. The maximum Gasteiger partial charge on any atom is 0.354 e. The molecule has 0 atom stereocenters. The van der Waals surface area contributed by atoms with Crippen molar-refractivity contribution in [3.05, 3.63) is 46.7 Å². The molecule has 0 aliphatic heterocycles. The Morgan fingerprint density at radius 1 is 1.33 bits per heavy atom. The van der Waals surface area contributed by atoms with Crippen LogP contribution in [-0.4, -0.2) is 26.7 Å². The highest BCUT2D eigenvalue weighted by atomic mass is 35.5. The second-order valence-electron chi connectivity index (χ2n) is 3.65. The lowest BCUT2D eigenvalue weighted by Crippen LogP contribution is -2.07. The van der Waals surface area contributed by atoms with Crippen LogP contribution in [0.1, 0.15) is 16.2 Å². The molecular weight excluding hydrogens is 275 g/mol. The number of alkyl halides is 1. The van der Waals surface area contributed by atoms with E-state index in [9.17, 15) is 4.79 Å². The Hall–Kier alpha value is -1.52.